The van der Waals surface area contributed by atoms with Crippen LogP contribution >= 0.6 is 11.8 Å². The van der Waals surface area contributed by atoms with Crippen molar-refractivity contribution in [2.45, 2.75) is 30.6 Å². The van der Waals surface area contributed by atoms with Gasteiger partial charge >= 0.3 is 0 Å². The van der Waals surface area contributed by atoms with Crippen molar-refractivity contribution >= 4 is 17.5 Å². The monoisotopic (exact) mass is 325 g/mol. The fourth-order valence-corrected chi connectivity index (χ4v) is 3.04. The van der Waals surface area contributed by atoms with E-state index in [9.17, 15) is 18.7 Å². The third-order valence-electron chi connectivity index (χ3n) is 3.35. The van der Waals surface area contributed by atoms with E-state index in [1.807, 2.05) is 4.57 Å². The maximum absolute atomic E-state index is 13.6. The summed E-state index contributed by atoms with van der Waals surface area (Å²) in [6.07, 6.45) is 1.97. The quantitative estimate of drug-likeness (QED) is 0.652. The van der Waals surface area contributed by atoms with Gasteiger partial charge in [0, 0.05) is 12.1 Å². The lowest BCUT2D eigenvalue weighted by Gasteiger charge is -2.07. The molecule has 1 fully saturated rings. The van der Waals surface area contributed by atoms with Crippen LogP contribution in [0.1, 0.15) is 35.1 Å². The number of hydrogen-bond donors (Lipinski definition) is 1. The molecule has 0 aliphatic heterocycles. The second-order valence-electron chi connectivity index (χ2n) is 4.99. The Bertz CT molecular complexity index is 716. The summed E-state index contributed by atoms with van der Waals surface area (Å²) in [6.45, 7) is -0.218. The number of Topliss-reactive ketones (excluding diaryl/α,β-unsaturated/α-hetero) is 1. The fourth-order valence-electron chi connectivity index (χ4n) is 2.14. The molecule has 0 amide bonds. The topological polar surface area (TPSA) is 68.0 Å². The van der Waals surface area contributed by atoms with Crippen molar-refractivity contribution in [3.8, 4) is 0 Å². The SMILES string of the molecule is O=C(CSc1nnc(CO)n1C1CC1)c1ccc(F)cc1F. The predicted molar refractivity (Wildman–Crippen MR) is 75.6 cm³/mol. The maximum Gasteiger partial charge on any atom is 0.191 e. The summed E-state index contributed by atoms with van der Waals surface area (Å²) in [5.74, 6) is -1.60. The molecule has 0 atom stereocenters. The van der Waals surface area contributed by atoms with Crippen LogP contribution in [0.3, 0.4) is 0 Å². The number of ketones is 1. The average Bonchev–Trinajstić information content (AvgIpc) is 3.24. The van der Waals surface area contributed by atoms with Crippen LogP contribution in [-0.4, -0.2) is 31.4 Å². The Hall–Kier alpha value is -1.80. The molecule has 2 aromatic rings. The molecule has 1 heterocycles. The van der Waals surface area contributed by atoms with Crippen molar-refractivity contribution in [2.24, 2.45) is 0 Å². The molecule has 8 heteroatoms. The molecule has 0 radical (unpaired) electrons. The zero-order valence-corrected chi connectivity index (χ0v) is 12.3. The van der Waals surface area contributed by atoms with E-state index in [1.54, 1.807) is 0 Å². The molecular formula is C14H13F2N3O2S. The van der Waals surface area contributed by atoms with E-state index >= 15 is 0 Å². The predicted octanol–water partition coefficient (Wildman–Crippen LogP) is 2.36. The first-order valence-electron chi connectivity index (χ1n) is 6.76. The molecule has 0 spiro atoms. The summed E-state index contributed by atoms with van der Waals surface area (Å²) in [5, 5.41) is 17.6. The highest BCUT2D eigenvalue weighted by atomic mass is 32.2. The zero-order chi connectivity index (χ0) is 15.7. The second kappa shape index (κ2) is 6.13. The molecule has 3 rings (SSSR count). The van der Waals surface area contributed by atoms with Gasteiger partial charge in [-0.05, 0) is 25.0 Å². The highest BCUT2D eigenvalue weighted by Crippen LogP contribution is 2.38. The van der Waals surface area contributed by atoms with Gasteiger partial charge in [-0.2, -0.15) is 0 Å². The van der Waals surface area contributed by atoms with Gasteiger partial charge in [0.05, 0.1) is 11.3 Å². The molecule has 1 aliphatic rings. The number of carbonyl (C=O) groups excluding carboxylic acids is 1. The Morgan fingerprint density at radius 2 is 2.14 bits per heavy atom. The first-order valence-corrected chi connectivity index (χ1v) is 7.74. The summed E-state index contributed by atoms with van der Waals surface area (Å²) in [6, 6.07) is 3.14. The van der Waals surface area contributed by atoms with Crippen molar-refractivity contribution in [3.05, 3.63) is 41.2 Å². The Labute approximate surface area is 129 Å². The Morgan fingerprint density at radius 3 is 2.77 bits per heavy atom. The molecule has 1 aliphatic carbocycles. The van der Waals surface area contributed by atoms with Gasteiger partial charge in [-0.3, -0.25) is 4.79 Å². The Kier molecular flexibility index (Phi) is 4.21. The van der Waals surface area contributed by atoms with E-state index in [4.69, 9.17) is 0 Å². The van der Waals surface area contributed by atoms with Crippen molar-refractivity contribution in [1.29, 1.82) is 0 Å². The lowest BCUT2D eigenvalue weighted by molar-refractivity contribution is 0.101. The minimum absolute atomic E-state index is 0.0289. The van der Waals surface area contributed by atoms with Crippen LogP contribution < -0.4 is 0 Å². The summed E-state index contributed by atoms with van der Waals surface area (Å²) >= 11 is 1.14. The number of hydrogen-bond acceptors (Lipinski definition) is 5. The van der Waals surface area contributed by atoms with Crippen molar-refractivity contribution in [2.75, 3.05) is 5.75 Å². The van der Waals surface area contributed by atoms with Gasteiger partial charge in [-0.15, -0.1) is 10.2 Å². The number of rotatable bonds is 6. The number of nitrogens with zero attached hydrogens (tertiary/aromatic N) is 3. The maximum atomic E-state index is 13.6. The molecular weight excluding hydrogens is 312 g/mol. The molecule has 0 unspecified atom stereocenters. The molecule has 1 aromatic carbocycles. The van der Waals surface area contributed by atoms with E-state index in [-0.39, 0.29) is 24.0 Å². The molecule has 22 heavy (non-hydrogen) atoms. The van der Waals surface area contributed by atoms with Crippen molar-refractivity contribution in [3.63, 3.8) is 0 Å². The first kappa shape index (κ1) is 15.1. The third kappa shape index (κ3) is 3.02. The molecule has 1 saturated carbocycles. The standard InChI is InChI=1S/C14H13F2N3O2S/c15-8-1-4-10(11(16)5-8)12(21)7-22-14-18-17-13(6-20)19(14)9-2-3-9/h1,4-5,9,20H,2-3,6-7H2. The van der Waals surface area contributed by atoms with Crippen LogP contribution in [0.25, 0.3) is 0 Å². The van der Waals surface area contributed by atoms with Gasteiger partial charge < -0.3 is 9.67 Å². The minimum Gasteiger partial charge on any atom is -0.388 e. The van der Waals surface area contributed by atoms with Gasteiger partial charge in [-0.1, -0.05) is 11.8 Å². The molecule has 0 bridgehead atoms. The van der Waals surface area contributed by atoms with E-state index in [0.717, 1.165) is 36.7 Å². The summed E-state index contributed by atoms with van der Waals surface area (Å²) in [5.41, 5.74) is -0.145. The minimum atomic E-state index is -0.870. The Morgan fingerprint density at radius 1 is 1.36 bits per heavy atom. The number of benzene rings is 1. The van der Waals surface area contributed by atoms with Crippen LogP contribution in [0.15, 0.2) is 23.4 Å². The third-order valence-corrected chi connectivity index (χ3v) is 4.30. The van der Waals surface area contributed by atoms with Gasteiger partial charge in [0.25, 0.3) is 0 Å². The van der Waals surface area contributed by atoms with E-state index in [2.05, 4.69) is 10.2 Å². The summed E-state index contributed by atoms with van der Waals surface area (Å²) < 4.78 is 28.2. The molecule has 116 valence electrons. The van der Waals surface area contributed by atoms with Gasteiger partial charge in [0.1, 0.15) is 18.2 Å². The van der Waals surface area contributed by atoms with E-state index < -0.39 is 17.4 Å². The van der Waals surface area contributed by atoms with E-state index in [0.29, 0.717) is 17.0 Å². The lowest BCUT2D eigenvalue weighted by Crippen LogP contribution is -2.08. The number of halogens is 2. The van der Waals surface area contributed by atoms with Gasteiger partial charge in [-0.25, -0.2) is 8.78 Å². The molecule has 5 nitrogen and oxygen atoms in total. The van der Waals surface area contributed by atoms with Crippen LogP contribution in [0, 0.1) is 11.6 Å². The molecule has 1 N–H and O–H groups in total. The van der Waals surface area contributed by atoms with Crippen LogP contribution in [0.2, 0.25) is 0 Å². The van der Waals surface area contributed by atoms with Gasteiger partial charge in [0.15, 0.2) is 16.8 Å². The number of thioether (sulfide) groups is 1. The summed E-state index contributed by atoms with van der Waals surface area (Å²) in [4.78, 5) is 12.0. The molecule has 0 saturated heterocycles. The van der Waals surface area contributed by atoms with Crippen LogP contribution in [0.4, 0.5) is 8.78 Å². The number of carbonyl (C=O) groups is 1. The highest BCUT2D eigenvalue weighted by molar-refractivity contribution is 7.99. The van der Waals surface area contributed by atoms with Crippen molar-refractivity contribution in [1.82, 2.24) is 14.8 Å². The average molecular weight is 325 g/mol. The largest absolute Gasteiger partial charge is 0.388 e. The number of aliphatic hydroxyl groups excluding tert-OH is 1. The second-order valence-corrected chi connectivity index (χ2v) is 5.94. The highest BCUT2D eigenvalue weighted by Gasteiger charge is 2.29. The zero-order valence-electron chi connectivity index (χ0n) is 11.5. The fraction of sp³-hybridized carbons (Fsp3) is 0.357. The molecule has 1 aromatic heterocycles. The van der Waals surface area contributed by atoms with Crippen LogP contribution in [-0.2, 0) is 6.61 Å². The Balaban J connectivity index is 1.72. The normalized spacial score (nSPS) is 14.3. The lowest BCUT2D eigenvalue weighted by atomic mass is 10.1. The summed E-state index contributed by atoms with van der Waals surface area (Å²) in [7, 11) is 0. The number of aromatic nitrogens is 3. The smallest absolute Gasteiger partial charge is 0.191 e. The van der Waals surface area contributed by atoms with E-state index in [1.165, 1.54) is 0 Å². The number of aliphatic hydroxyl groups is 1. The van der Waals surface area contributed by atoms with Crippen LogP contribution in [0.5, 0.6) is 0 Å². The van der Waals surface area contributed by atoms with Gasteiger partial charge in [0.2, 0.25) is 0 Å². The van der Waals surface area contributed by atoms with Crippen molar-refractivity contribution < 1.29 is 18.7 Å². The first-order chi connectivity index (χ1) is 10.6.